The summed E-state index contributed by atoms with van der Waals surface area (Å²) >= 11 is 0. The summed E-state index contributed by atoms with van der Waals surface area (Å²) in [7, 11) is 0. The molecule has 1 atom stereocenters. The number of likely N-dealkylation sites (tertiary alicyclic amines) is 1. The lowest BCUT2D eigenvalue weighted by Gasteiger charge is -2.34. The van der Waals surface area contributed by atoms with Crippen molar-refractivity contribution in [2.45, 2.75) is 59.0 Å². The van der Waals surface area contributed by atoms with Crippen molar-refractivity contribution in [2.75, 3.05) is 6.54 Å². The molecule has 1 saturated heterocycles. The van der Waals surface area contributed by atoms with E-state index in [4.69, 9.17) is 0 Å². The van der Waals surface area contributed by atoms with Crippen LogP contribution in [0.5, 0.6) is 0 Å². The highest BCUT2D eigenvalue weighted by atomic mass is 16.2. The minimum atomic E-state index is -0.458. The Morgan fingerprint density at radius 2 is 2.00 bits per heavy atom. The molecule has 1 fully saturated rings. The van der Waals surface area contributed by atoms with Gasteiger partial charge in [0.1, 0.15) is 5.54 Å². The number of aromatic nitrogens is 4. The summed E-state index contributed by atoms with van der Waals surface area (Å²) in [6.45, 7) is 9.66. The van der Waals surface area contributed by atoms with Gasteiger partial charge in [0.15, 0.2) is 5.82 Å². The topological polar surface area (TPSA) is 63.9 Å². The van der Waals surface area contributed by atoms with E-state index in [9.17, 15) is 4.79 Å². The Morgan fingerprint density at radius 3 is 2.67 bits per heavy atom. The quantitative estimate of drug-likeness (QED) is 0.866. The Labute approximate surface area is 142 Å². The lowest BCUT2D eigenvalue weighted by molar-refractivity contribution is 0.0603. The maximum absolute atomic E-state index is 13.0. The first kappa shape index (κ1) is 16.6. The molecule has 0 saturated carbocycles. The van der Waals surface area contributed by atoms with Gasteiger partial charge in [-0.3, -0.25) is 9.48 Å². The molecule has 3 heterocycles. The van der Waals surface area contributed by atoms with Crippen molar-refractivity contribution in [3.8, 4) is 0 Å². The summed E-state index contributed by atoms with van der Waals surface area (Å²) in [5.74, 6) is 0.756. The van der Waals surface area contributed by atoms with Crippen LogP contribution < -0.4 is 0 Å². The number of nitrogens with zero attached hydrogens (tertiary/aromatic N) is 5. The zero-order valence-electron chi connectivity index (χ0n) is 14.9. The van der Waals surface area contributed by atoms with Gasteiger partial charge in [-0.25, -0.2) is 9.97 Å². The molecule has 2 aromatic heterocycles. The molecule has 128 valence electrons. The van der Waals surface area contributed by atoms with Crippen molar-refractivity contribution in [2.24, 2.45) is 0 Å². The van der Waals surface area contributed by atoms with E-state index in [-0.39, 0.29) is 5.91 Å². The van der Waals surface area contributed by atoms with Crippen LogP contribution in [0.15, 0.2) is 18.5 Å². The molecule has 2 aromatic rings. The van der Waals surface area contributed by atoms with E-state index in [1.54, 1.807) is 6.20 Å². The minimum Gasteiger partial charge on any atom is -0.326 e. The Morgan fingerprint density at radius 1 is 1.29 bits per heavy atom. The zero-order chi connectivity index (χ0) is 17.3. The van der Waals surface area contributed by atoms with Gasteiger partial charge in [0.2, 0.25) is 0 Å². The third-order valence-corrected chi connectivity index (χ3v) is 4.68. The Hall–Kier alpha value is -2.24. The van der Waals surface area contributed by atoms with E-state index in [0.29, 0.717) is 5.56 Å². The molecule has 6 nitrogen and oxygen atoms in total. The highest BCUT2D eigenvalue weighted by Gasteiger charge is 2.44. The number of amides is 1. The smallest absolute Gasteiger partial charge is 0.257 e. The van der Waals surface area contributed by atoms with Crippen LogP contribution in [0.4, 0.5) is 0 Å². The second-order valence-electron chi connectivity index (χ2n) is 6.80. The lowest BCUT2D eigenvalue weighted by Crippen LogP contribution is -2.44. The molecule has 0 spiro atoms. The highest BCUT2D eigenvalue weighted by Crippen LogP contribution is 2.37. The third-order valence-electron chi connectivity index (χ3n) is 4.68. The number of carbonyl (C=O) groups excluding carboxylic acids is 1. The van der Waals surface area contributed by atoms with Crippen LogP contribution in [-0.2, 0) is 12.1 Å². The van der Waals surface area contributed by atoms with Crippen LogP contribution in [-0.4, -0.2) is 37.1 Å². The molecule has 24 heavy (non-hydrogen) atoms. The second-order valence-corrected chi connectivity index (χ2v) is 6.80. The van der Waals surface area contributed by atoms with Crippen LogP contribution in [0.25, 0.3) is 0 Å². The van der Waals surface area contributed by atoms with E-state index in [1.165, 1.54) is 0 Å². The Bertz CT molecular complexity index is 733. The second kappa shape index (κ2) is 6.34. The SMILES string of the molecule is CCCn1cc(C(=O)N2CCC[C@@]2(C)c2nc(C)cc(C)n2)cn1. The van der Waals surface area contributed by atoms with Crippen molar-refractivity contribution >= 4 is 5.91 Å². The van der Waals surface area contributed by atoms with Crippen molar-refractivity contribution in [3.63, 3.8) is 0 Å². The molecule has 0 bridgehead atoms. The summed E-state index contributed by atoms with van der Waals surface area (Å²) in [5, 5.41) is 4.29. The first-order valence-corrected chi connectivity index (χ1v) is 8.61. The predicted molar refractivity (Wildman–Crippen MR) is 91.6 cm³/mol. The van der Waals surface area contributed by atoms with E-state index < -0.39 is 5.54 Å². The molecule has 0 radical (unpaired) electrons. The van der Waals surface area contributed by atoms with Crippen LogP contribution in [0.2, 0.25) is 0 Å². The maximum Gasteiger partial charge on any atom is 0.257 e. The number of hydrogen-bond acceptors (Lipinski definition) is 4. The van der Waals surface area contributed by atoms with Crippen molar-refractivity contribution in [3.05, 3.63) is 41.2 Å². The molecule has 1 amide bonds. The average molecular weight is 327 g/mol. The summed E-state index contributed by atoms with van der Waals surface area (Å²) in [6, 6.07) is 1.96. The van der Waals surface area contributed by atoms with Gasteiger partial charge < -0.3 is 4.90 Å². The molecular weight excluding hydrogens is 302 g/mol. The first-order valence-electron chi connectivity index (χ1n) is 8.61. The van der Waals surface area contributed by atoms with E-state index in [2.05, 4.69) is 28.9 Å². The number of aryl methyl sites for hydroxylation is 3. The lowest BCUT2D eigenvalue weighted by atomic mass is 9.96. The van der Waals surface area contributed by atoms with Crippen molar-refractivity contribution < 1.29 is 4.79 Å². The highest BCUT2D eigenvalue weighted by molar-refractivity contribution is 5.94. The van der Waals surface area contributed by atoms with Gasteiger partial charge >= 0.3 is 0 Å². The average Bonchev–Trinajstić information content (AvgIpc) is 3.14. The normalized spacial score (nSPS) is 20.6. The van der Waals surface area contributed by atoms with Gasteiger partial charge in [-0.2, -0.15) is 5.10 Å². The van der Waals surface area contributed by atoms with Crippen LogP contribution >= 0.6 is 0 Å². The summed E-state index contributed by atoms with van der Waals surface area (Å²) < 4.78 is 1.83. The molecule has 0 aliphatic carbocycles. The maximum atomic E-state index is 13.0. The van der Waals surface area contributed by atoms with Gasteiger partial charge in [0.05, 0.1) is 11.8 Å². The molecule has 1 aliphatic rings. The van der Waals surface area contributed by atoms with E-state index in [1.807, 2.05) is 35.7 Å². The fourth-order valence-corrected chi connectivity index (χ4v) is 3.47. The Kier molecular flexibility index (Phi) is 4.39. The Balaban J connectivity index is 1.92. The molecular formula is C18H25N5O. The number of rotatable bonds is 4. The molecule has 0 unspecified atom stereocenters. The van der Waals surface area contributed by atoms with Gasteiger partial charge in [-0.05, 0) is 46.1 Å². The predicted octanol–water partition coefficient (Wildman–Crippen LogP) is 2.85. The van der Waals surface area contributed by atoms with Crippen LogP contribution in [0.3, 0.4) is 0 Å². The fraction of sp³-hybridized carbons (Fsp3) is 0.556. The summed E-state index contributed by atoms with van der Waals surface area (Å²) in [5.41, 5.74) is 2.06. The summed E-state index contributed by atoms with van der Waals surface area (Å²) in [6.07, 6.45) is 6.34. The van der Waals surface area contributed by atoms with Gasteiger partial charge in [0.25, 0.3) is 5.91 Å². The van der Waals surface area contributed by atoms with Gasteiger partial charge in [-0.1, -0.05) is 6.92 Å². The van der Waals surface area contributed by atoms with Gasteiger partial charge in [-0.15, -0.1) is 0 Å². The van der Waals surface area contributed by atoms with E-state index in [0.717, 1.165) is 49.6 Å². The monoisotopic (exact) mass is 327 g/mol. The largest absolute Gasteiger partial charge is 0.326 e. The molecule has 3 rings (SSSR count). The molecule has 0 N–H and O–H groups in total. The molecule has 1 aliphatic heterocycles. The molecule has 6 heteroatoms. The van der Waals surface area contributed by atoms with Gasteiger partial charge in [0, 0.05) is 30.7 Å². The van der Waals surface area contributed by atoms with Crippen molar-refractivity contribution in [1.29, 1.82) is 0 Å². The standard InChI is InChI=1S/C18H25N5O/c1-5-8-22-12-15(11-19-22)16(24)23-9-6-7-18(23,4)17-20-13(2)10-14(3)21-17/h10-12H,5-9H2,1-4H3/t18-/m0/s1. The zero-order valence-corrected chi connectivity index (χ0v) is 14.9. The van der Waals surface area contributed by atoms with Crippen LogP contribution in [0, 0.1) is 13.8 Å². The van der Waals surface area contributed by atoms with E-state index >= 15 is 0 Å². The number of hydrogen-bond donors (Lipinski definition) is 0. The third kappa shape index (κ3) is 2.92. The number of carbonyl (C=O) groups is 1. The summed E-state index contributed by atoms with van der Waals surface area (Å²) in [4.78, 5) is 24.2. The van der Waals surface area contributed by atoms with Crippen LogP contribution in [0.1, 0.15) is 60.7 Å². The molecule has 0 aromatic carbocycles. The minimum absolute atomic E-state index is 0.0140. The van der Waals surface area contributed by atoms with Crippen molar-refractivity contribution in [1.82, 2.24) is 24.6 Å². The first-order chi connectivity index (χ1) is 11.4. The fourth-order valence-electron chi connectivity index (χ4n) is 3.47.